The maximum atomic E-state index is 11.8. The highest BCUT2D eigenvalue weighted by molar-refractivity contribution is 6.35. The molecule has 2 amide bonds. The quantitative estimate of drug-likeness (QED) is 0.652. The summed E-state index contributed by atoms with van der Waals surface area (Å²) in [5, 5.41) is 5.93. The molecule has 0 aromatic carbocycles. The molecule has 1 heterocycles. The molecule has 1 aliphatic heterocycles. The van der Waals surface area contributed by atoms with E-state index in [4.69, 9.17) is 0 Å². The van der Waals surface area contributed by atoms with Crippen LogP contribution in [0.4, 0.5) is 0 Å². The summed E-state index contributed by atoms with van der Waals surface area (Å²) in [6.45, 7) is 5.59. The van der Waals surface area contributed by atoms with Crippen molar-refractivity contribution in [2.24, 2.45) is 5.41 Å². The first kappa shape index (κ1) is 12.4. The Hall–Kier alpha value is -1.10. The van der Waals surface area contributed by atoms with Crippen LogP contribution in [0, 0.1) is 5.41 Å². The largest absolute Gasteiger partial charge is 0.347 e. The van der Waals surface area contributed by atoms with E-state index in [1.807, 2.05) is 0 Å². The zero-order valence-electron chi connectivity index (χ0n) is 10.4. The van der Waals surface area contributed by atoms with Gasteiger partial charge in [0.2, 0.25) is 0 Å². The molecular weight excluding hydrogens is 218 g/mol. The molecule has 1 saturated carbocycles. The fourth-order valence-corrected chi connectivity index (χ4v) is 2.34. The van der Waals surface area contributed by atoms with Crippen LogP contribution in [-0.4, -0.2) is 49.4 Å². The average Bonchev–Trinajstić information content (AvgIpc) is 2.33. The summed E-state index contributed by atoms with van der Waals surface area (Å²) in [5.41, 5.74) is 0.222. The van der Waals surface area contributed by atoms with E-state index in [0.29, 0.717) is 19.6 Å². The third-order valence-electron chi connectivity index (χ3n) is 3.83. The van der Waals surface area contributed by atoms with Crippen molar-refractivity contribution in [2.75, 3.05) is 32.7 Å². The van der Waals surface area contributed by atoms with Crippen molar-refractivity contribution in [3.05, 3.63) is 0 Å². The van der Waals surface area contributed by atoms with Crippen molar-refractivity contribution in [1.29, 1.82) is 0 Å². The van der Waals surface area contributed by atoms with Gasteiger partial charge in [-0.05, 0) is 18.3 Å². The molecule has 0 bridgehead atoms. The Morgan fingerprint density at radius 3 is 2.47 bits per heavy atom. The van der Waals surface area contributed by atoms with E-state index in [2.05, 4.69) is 17.6 Å². The molecule has 0 spiro atoms. The fourth-order valence-electron chi connectivity index (χ4n) is 2.34. The number of piperazine rings is 1. The predicted octanol–water partition coefficient (Wildman–Crippen LogP) is -0.275. The van der Waals surface area contributed by atoms with Crippen LogP contribution in [0.1, 0.15) is 26.2 Å². The number of carbonyl (C=O) groups is 2. The first-order valence-corrected chi connectivity index (χ1v) is 6.39. The first-order valence-electron chi connectivity index (χ1n) is 6.39. The number of carbonyl (C=O) groups excluding carboxylic acids is 2. The SMILES string of the molecule is CC1(CNC(=O)C(=O)N2CCNCC2)CCC1. The minimum absolute atomic E-state index is 0.222. The summed E-state index contributed by atoms with van der Waals surface area (Å²) >= 11 is 0. The Kier molecular flexibility index (Phi) is 3.66. The van der Waals surface area contributed by atoms with Crippen molar-refractivity contribution in [3.8, 4) is 0 Å². The Balaban J connectivity index is 1.76. The van der Waals surface area contributed by atoms with Gasteiger partial charge >= 0.3 is 11.8 Å². The molecule has 0 aromatic heterocycles. The van der Waals surface area contributed by atoms with Crippen LogP contribution in [0.3, 0.4) is 0 Å². The minimum Gasteiger partial charge on any atom is -0.347 e. The zero-order valence-corrected chi connectivity index (χ0v) is 10.4. The number of nitrogens with one attached hydrogen (secondary N) is 2. The van der Waals surface area contributed by atoms with Crippen LogP contribution in [0.15, 0.2) is 0 Å². The monoisotopic (exact) mass is 239 g/mol. The van der Waals surface area contributed by atoms with Crippen LogP contribution in [-0.2, 0) is 9.59 Å². The lowest BCUT2D eigenvalue weighted by Crippen LogP contribution is -2.52. The van der Waals surface area contributed by atoms with Gasteiger partial charge in [0.15, 0.2) is 0 Å². The number of rotatable bonds is 2. The van der Waals surface area contributed by atoms with Gasteiger partial charge in [-0.15, -0.1) is 0 Å². The molecule has 2 N–H and O–H groups in total. The number of nitrogens with zero attached hydrogens (tertiary/aromatic N) is 1. The van der Waals surface area contributed by atoms with Gasteiger partial charge in [0.05, 0.1) is 0 Å². The lowest BCUT2D eigenvalue weighted by molar-refractivity contribution is -0.146. The highest BCUT2D eigenvalue weighted by atomic mass is 16.2. The third kappa shape index (κ3) is 2.97. The van der Waals surface area contributed by atoms with Gasteiger partial charge in [0.25, 0.3) is 0 Å². The first-order chi connectivity index (χ1) is 8.11. The van der Waals surface area contributed by atoms with Crippen LogP contribution < -0.4 is 10.6 Å². The molecule has 2 fully saturated rings. The summed E-state index contributed by atoms with van der Waals surface area (Å²) < 4.78 is 0. The summed E-state index contributed by atoms with van der Waals surface area (Å²) in [7, 11) is 0. The molecule has 0 atom stereocenters. The second kappa shape index (κ2) is 5.04. The second-order valence-corrected chi connectivity index (χ2v) is 5.39. The van der Waals surface area contributed by atoms with E-state index in [1.54, 1.807) is 4.90 Å². The van der Waals surface area contributed by atoms with E-state index < -0.39 is 5.91 Å². The van der Waals surface area contributed by atoms with Crippen molar-refractivity contribution in [2.45, 2.75) is 26.2 Å². The van der Waals surface area contributed by atoms with Crippen molar-refractivity contribution < 1.29 is 9.59 Å². The van der Waals surface area contributed by atoms with E-state index in [9.17, 15) is 9.59 Å². The Morgan fingerprint density at radius 2 is 1.94 bits per heavy atom. The number of hydrogen-bond donors (Lipinski definition) is 2. The van der Waals surface area contributed by atoms with E-state index in [1.165, 1.54) is 6.42 Å². The molecule has 2 aliphatic rings. The molecule has 2 rings (SSSR count). The lowest BCUT2D eigenvalue weighted by atomic mass is 9.70. The molecule has 0 radical (unpaired) electrons. The summed E-state index contributed by atoms with van der Waals surface area (Å²) in [6.07, 6.45) is 3.53. The normalized spacial score (nSPS) is 22.8. The Labute approximate surface area is 102 Å². The van der Waals surface area contributed by atoms with Crippen LogP contribution in [0.2, 0.25) is 0 Å². The smallest absolute Gasteiger partial charge is 0.311 e. The summed E-state index contributed by atoms with van der Waals surface area (Å²) in [4.78, 5) is 25.1. The van der Waals surface area contributed by atoms with Gasteiger partial charge in [0, 0.05) is 32.7 Å². The number of hydrogen-bond acceptors (Lipinski definition) is 3. The molecule has 1 saturated heterocycles. The molecular formula is C12H21N3O2. The Bertz CT molecular complexity index is 307. The van der Waals surface area contributed by atoms with E-state index in [0.717, 1.165) is 25.9 Å². The lowest BCUT2D eigenvalue weighted by Gasteiger charge is -2.38. The maximum Gasteiger partial charge on any atom is 0.311 e. The van der Waals surface area contributed by atoms with Crippen molar-refractivity contribution in [3.63, 3.8) is 0 Å². The molecule has 1 aliphatic carbocycles. The van der Waals surface area contributed by atoms with Gasteiger partial charge in [0.1, 0.15) is 0 Å². The topological polar surface area (TPSA) is 61.4 Å². The summed E-state index contributed by atoms with van der Waals surface area (Å²) in [5.74, 6) is -0.825. The van der Waals surface area contributed by atoms with Crippen LogP contribution in [0.25, 0.3) is 0 Å². The molecule has 5 heteroatoms. The second-order valence-electron chi connectivity index (χ2n) is 5.39. The predicted molar refractivity (Wildman–Crippen MR) is 64.4 cm³/mol. The fraction of sp³-hybridized carbons (Fsp3) is 0.833. The molecule has 17 heavy (non-hydrogen) atoms. The molecule has 0 aromatic rings. The Morgan fingerprint density at radius 1 is 1.29 bits per heavy atom. The van der Waals surface area contributed by atoms with E-state index in [-0.39, 0.29) is 11.3 Å². The molecule has 0 unspecified atom stereocenters. The highest BCUT2D eigenvalue weighted by Crippen LogP contribution is 2.39. The van der Waals surface area contributed by atoms with Crippen molar-refractivity contribution >= 4 is 11.8 Å². The molecule has 5 nitrogen and oxygen atoms in total. The molecule has 96 valence electrons. The minimum atomic E-state index is -0.444. The third-order valence-corrected chi connectivity index (χ3v) is 3.83. The van der Waals surface area contributed by atoms with Crippen LogP contribution in [0.5, 0.6) is 0 Å². The van der Waals surface area contributed by atoms with Gasteiger partial charge in [-0.2, -0.15) is 0 Å². The van der Waals surface area contributed by atoms with Crippen LogP contribution >= 0.6 is 0 Å². The van der Waals surface area contributed by atoms with E-state index >= 15 is 0 Å². The zero-order chi connectivity index (χ0) is 12.3. The maximum absolute atomic E-state index is 11.8. The number of amides is 2. The highest BCUT2D eigenvalue weighted by Gasteiger charge is 2.33. The van der Waals surface area contributed by atoms with Gasteiger partial charge < -0.3 is 15.5 Å². The average molecular weight is 239 g/mol. The van der Waals surface area contributed by atoms with Crippen molar-refractivity contribution in [1.82, 2.24) is 15.5 Å². The van der Waals surface area contributed by atoms with Gasteiger partial charge in [-0.25, -0.2) is 0 Å². The van der Waals surface area contributed by atoms with Gasteiger partial charge in [-0.1, -0.05) is 13.3 Å². The standard InChI is InChI=1S/C12H21N3O2/c1-12(3-2-4-12)9-14-10(16)11(17)15-7-5-13-6-8-15/h13H,2-9H2,1H3,(H,14,16). The summed E-state index contributed by atoms with van der Waals surface area (Å²) in [6, 6.07) is 0. The van der Waals surface area contributed by atoms with Gasteiger partial charge in [-0.3, -0.25) is 9.59 Å².